The molecule has 2 rings (SSSR count). The van der Waals surface area contributed by atoms with Crippen LogP contribution in [-0.2, 0) is 20.1 Å². The third-order valence-corrected chi connectivity index (χ3v) is 5.02. The van der Waals surface area contributed by atoms with E-state index in [1.165, 1.54) is 7.11 Å². The normalized spacial score (nSPS) is 19.4. The van der Waals surface area contributed by atoms with Gasteiger partial charge < -0.3 is 15.8 Å². The molecule has 2 unspecified atom stereocenters. The number of benzene rings is 1. The number of thioether (sulfide) groups is 1. The number of anilines is 1. The number of rotatable bonds is 7. The molecule has 3 N–H and O–H groups in total. The van der Waals surface area contributed by atoms with Crippen molar-refractivity contribution in [3.63, 3.8) is 0 Å². The molecular weight excluding hydrogens is 348 g/mol. The zero-order chi connectivity index (χ0) is 16.7. The molecule has 7 heteroatoms. The molecule has 2 atom stereocenters. The second-order valence-corrected chi connectivity index (χ2v) is 6.94. The van der Waals surface area contributed by atoms with Gasteiger partial charge in [0.2, 0.25) is 5.91 Å². The summed E-state index contributed by atoms with van der Waals surface area (Å²) in [4.78, 5) is 23.3. The first-order valence-corrected chi connectivity index (χ1v) is 9.04. The Labute approximate surface area is 153 Å². The standard InChI is InChI=1S/C17H24N2O3S.ClH/c1-22-16(20)7-8-23-11-12-3-2-4-15(9-12)19-17(21)13-5-6-14(18)10-13;/h2-4,9,13-14H,5-8,10-11,18H2,1H3,(H,19,21);1H. The van der Waals surface area contributed by atoms with Crippen molar-refractivity contribution < 1.29 is 14.3 Å². The smallest absolute Gasteiger partial charge is 0.306 e. The largest absolute Gasteiger partial charge is 0.469 e. The predicted molar refractivity (Wildman–Crippen MR) is 100 cm³/mol. The molecule has 134 valence electrons. The second-order valence-electron chi connectivity index (χ2n) is 5.84. The van der Waals surface area contributed by atoms with E-state index in [9.17, 15) is 9.59 Å². The molecule has 0 heterocycles. The van der Waals surface area contributed by atoms with Crippen LogP contribution >= 0.6 is 24.2 Å². The second kappa shape index (κ2) is 10.6. The SMILES string of the molecule is COC(=O)CCSCc1cccc(NC(=O)C2CCC(N)C2)c1.Cl. The van der Waals surface area contributed by atoms with E-state index in [-0.39, 0.29) is 36.2 Å². The minimum absolute atomic E-state index is 0. The van der Waals surface area contributed by atoms with Gasteiger partial charge in [0.1, 0.15) is 0 Å². The van der Waals surface area contributed by atoms with Crippen LogP contribution in [0.4, 0.5) is 5.69 Å². The van der Waals surface area contributed by atoms with E-state index < -0.39 is 0 Å². The van der Waals surface area contributed by atoms with Crippen LogP contribution < -0.4 is 11.1 Å². The van der Waals surface area contributed by atoms with Crippen molar-refractivity contribution in [3.8, 4) is 0 Å². The van der Waals surface area contributed by atoms with Crippen LogP contribution in [0.2, 0.25) is 0 Å². The first-order chi connectivity index (χ1) is 11.1. The van der Waals surface area contributed by atoms with E-state index in [0.29, 0.717) is 6.42 Å². The predicted octanol–water partition coefficient (Wildman–Crippen LogP) is 2.97. The van der Waals surface area contributed by atoms with Gasteiger partial charge in [0, 0.05) is 29.2 Å². The summed E-state index contributed by atoms with van der Waals surface area (Å²) in [6.07, 6.45) is 2.99. The number of halogens is 1. The molecule has 1 saturated carbocycles. The van der Waals surface area contributed by atoms with Gasteiger partial charge in [-0.25, -0.2) is 0 Å². The van der Waals surface area contributed by atoms with Crippen molar-refractivity contribution in [3.05, 3.63) is 29.8 Å². The van der Waals surface area contributed by atoms with Crippen molar-refractivity contribution >= 4 is 41.7 Å². The maximum absolute atomic E-state index is 12.2. The molecule has 0 bridgehead atoms. The average molecular weight is 373 g/mol. The molecule has 24 heavy (non-hydrogen) atoms. The number of carbonyl (C=O) groups excluding carboxylic acids is 2. The average Bonchev–Trinajstić information content (AvgIpc) is 2.98. The van der Waals surface area contributed by atoms with Gasteiger partial charge >= 0.3 is 5.97 Å². The third-order valence-electron chi connectivity index (χ3n) is 3.99. The Hall–Kier alpha value is -1.24. The summed E-state index contributed by atoms with van der Waals surface area (Å²) in [6.45, 7) is 0. The summed E-state index contributed by atoms with van der Waals surface area (Å²) >= 11 is 1.67. The quantitative estimate of drug-likeness (QED) is 0.568. The van der Waals surface area contributed by atoms with Crippen LogP contribution in [0, 0.1) is 5.92 Å². The summed E-state index contributed by atoms with van der Waals surface area (Å²) in [5, 5.41) is 2.98. The molecule has 1 aromatic rings. The highest BCUT2D eigenvalue weighted by molar-refractivity contribution is 7.98. The number of hydrogen-bond donors (Lipinski definition) is 2. The van der Waals surface area contributed by atoms with Crippen LogP contribution in [-0.4, -0.2) is 30.8 Å². The Morgan fingerprint density at radius 2 is 2.17 bits per heavy atom. The zero-order valence-corrected chi connectivity index (χ0v) is 15.5. The Morgan fingerprint density at radius 1 is 1.38 bits per heavy atom. The Morgan fingerprint density at radius 3 is 2.83 bits per heavy atom. The van der Waals surface area contributed by atoms with E-state index in [4.69, 9.17) is 5.73 Å². The van der Waals surface area contributed by atoms with Gasteiger partial charge in [0.15, 0.2) is 0 Å². The summed E-state index contributed by atoms with van der Waals surface area (Å²) in [5.41, 5.74) is 7.81. The monoisotopic (exact) mass is 372 g/mol. The lowest BCUT2D eigenvalue weighted by molar-refractivity contribution is -0.140. The molecule has 1 amide bonds. The maximum Gasteiger partial charge on any atom is 0.306 e. The molecule has 0 radical (unpaired) electrons. The van der Waals surface area contributed by atoms with Gasteiger partial charge in [-0.15, -0.1) is 12.4 Å². The number of nitrogens with one attached hydrogen (secondary N) is 1. The highest BCUT2D eigenvalue weighted by atomic mass is 35.5. The number of methoxy groups -OCH3 is 1. The van der Waals surface area contributed by atoms with Gasteiger partial charge in [0.05, 0.1) is 13.5 Å². The molecule has 1 aliphatic carbocycles. The zero-order valence-electron chi connectivity index (χ0n) is 13.8. The van der Waals surface area contributed by atoms with Crippen molar-refractivity contribution in [1.29, 1.82) is 0 Å². The summed E-state index contributed by atoms with van der Waals surface area (Å²) < 4.78 is 4.61. The van der Waals surface area contributed by atoms with Crippen LogP contribution in [0.25, 0.3) is 0 Å². The maximum atomic E-state index is 12.2. The minimum Gasteiger partial charge on any atom is -0.469 e. The molecule has 1 aromatic carbocycles. The molecule has 0 saturated heterocycles. The van der Waals surface area contributed by atoms with Gasteiger partial charge in [-0.3, -0.25) is 9.59 Å². The van der Waals surface area contributed by atoms with Crippen LogP contribution in [0.3, 0.4) is 0 Å². The molecule has 5 nitrogen and oxygen atoms in total. The van der Waals surface area contributed by atoms with Gasteiger partial charge in [-0.2, -0.15) is 11.8 Å². The fraction of sp³-hybridized carbons (Fsp3) is 0.529. The molecule has 1 fully saturated rings. The number of ether oxygens (including phenoxy) is 1. The van der Waals surface area contributed by atoms with E-state index in [0.717, 1.165) is 42.0 Å². The fourth-order valence-corrected chi connectivity index (χ4v) is 3.56. The van der Waals surface area contributed by atoms with E-state index in [2.05, 4.69) is 10.1 Å². The molecule has 0 aliphatic heterocycles. The lowest BCUT2D eigenvalue weighted by Crippen LogP contribution is -2.23. The van der Waals surface area contributed by atoms with Crippen LogP contribution in [0.5, 0.6) is 0 Å². The molecule has 0 aromatic heterocycles. The van der Waals surface area contributed by atoms with Crippen molar-refractivity contribution in [2.24, 2.45) is 11.7 Å². The number of carbonyl (C=O) groups is 2. The molecule has 1 aliphatic rings. The van der Waals surface area contributed by atoms with Gasteiger partial charge in [-0.1, -0.05) is 12.1 Å². The first kappa shape index (κ1) is 20.8. The summed E-state index contributed by atoms with van der Waals surface area (Å²) in [5.74, 6) is 1.43. The lowest BCUT2D eigenvalue weighted by Gasteiger charge is -2.11. The van der Waals surface area contributed by atoms with Crippen molar-refractivity contribution in [2.75, 3.05) is 18.2 Å². The van der Waals surface area contributed by atoms with Crippen LogP contribution in [0.1, 0.15) is 31.2 Å². The Balaban J connectivity index is 0.00000288. The number of esters is 1. The van der Waals surface area contributed by atoms with Crippen molar-refractivity contribution in [1.82, 2.24) is 0 Å². The summed E-state index contributed by atoms with van der Waals surface area (Å²) in [7, 11) is 1.40. The number of hydrogen-bond acceptors (Lipinski definition) is 5. The Bertz CT molecular complexity index is 556. The van der Waals surface area contributed by atoms with E-state index >= 15 is 0 Å². The Kier molecular flexibility index (Phi) is 9.18. The van der Waals surface area contributed by atoms with Gasteiger partial charge in [0.25, 0.3) is 0 Å². The van der Waals surface area contributed by atoms with Crippen LogP contribution in [0.15, 0.2) is 24.3 Å². The van der Waals surface area contributed by atoms with E-state index in [1.54, 1.807) is 11.8 Å². The molecule has 0 spiro atoms. The van der Waals surface area contributed by atoms with E-state index in [1.807, 2.05) is 24.3 Å². The minimum atomic E-state index is -0.187. The topological polar surface area (TPSA) is 81.4 Å². The third kappa shape index (κ3) is 6.71. The number of amides is 1. The number of nitrogens with two attached hydrogens (primary N) is 1. The fourth-order valence-electron chi connectivity index (χ4n) is 2.69. The highest BCUT2D eigenvalue weighted by Crippen LogP contribution is 2.26. The summed E-state index contributed by atoms with van der Waals surface area (Å²) in [6, 6.07) is 7.99. The highest BCUT2D eigenvalue weighted by Gasteiger charge is 2.27. The first-order valence-electron chi connectivity index (χ1n) is 7.88. The van der Waals surface area contributed by atoms with Gasteiger partial charge in [-0.05, 0) is 37.0 Å². The van der Waals surface area contributed by atoms with Crippen molar-refractivity contribution in [2.45, 2.75) is 37.5 Å². The lowest BCUT2D eigenvalue weighted by atomic mass is 10.1. The molecular formula is C17H25ClN2O3S.